The first-order valence-electron chi connectivity index (χ1n) is 12.8. The number of carbonyl (C=O) groups is 4. The number of halogens is 2. The maximum absolute atomic E-state index is 13.5. The maximum atomic E-state index is 13.5. The third-order valence-corrected chi connectivity index (χ3v) is 6.98. The van der Waals surface area contributed by atoms with Crippen molar-refractivity contribution in [2.24, 2.45) is 0 Å². The molecule has 0 radical (unpaired) electrons. The fourth-order valence-corrected chi connectivity index (χ4v) is 4.98. The molecule has 208 valence electrons. The number of rotatable bonds is 9. The Kier molecular flexibility index (Phi) is 8.75. The Morgan fingerprint density at radius 1 is 1.00 bits per heavy atom. The number of aliphatic carboxylic acids is 1. The average molecular weight is 544 g/mol. The number of nitrogens with one attached hydrogen (secondary N) is 1. The number of urea groups is 1. The van der Waals surface area contributed by atoms with Crippen LogP contribution in [0.25, 0.3) is 0 Å². The summed E-state index contributed by atoms with van der Waals surface area (Å²) in [5, 5.41) is 15.1. The number of hydrogen-bond acceptors (Lipinski definition) is 5. The zero-order valence-electron chi connectivity index (χ0n) is 21.6. The summed E-state index contributed by atoms with van der Waals surface area (Å²) in [7, 11) is 0. The van der Waals surface area contributed by atoms with Crippen molar-refractivity contribution >= 4 is 23.8 Å². The smallest absolute Gasteiger partial charge is 0.334 e. The molecule has 2 atom stereocenters. The van der Waals surface area contributed by atoms with Crippen LogP contribution in [0.2, 0.25) is 0 Å². The lowest BCUT2D eigenvalue weighted by Gasteiger charge is -2.55. The Morgan fingerprint density at radius 2 is 1.62 bits per heavy atom. The van der Waals surface area contributed by atoms with E-state index in [0.29, 0.717) is 18.5 Å². The normalized spacial score (nSPS) is 19.7. The number of amides is 4. The highest BCUT2D eigenvalue weighted by molar-refractivity contribution is 5.91. The van der Waals surface area contributed by atoms with Crippen LogP contribution in [-0.4, -0.2) is 87.1 Å². The van der Waals surface area contributed by atoms with Crippen LogP contribution >= 0.6 is 0 Å². The molecule has 0 bridgehead atoms. The fraction of sp³-hybridized carbons (Fsp3) is 0.407. The predicted molar refractivity (Wildman–Crippen MR) is 136 cm³/mol. The lowest BCUT2D eigenvalue weighted by atomic mass is 10.0. The summed E-state index contributed by atoms with van der Waals surface area (Å²) in [5.74, 6) is -2.63. The van der Waals surface area contributed by atoms with E-state index in [9.17, 15) is 33.1 Å². The van der Waals surface area contributed by atoms with E-state index in [2.05, 4.69) is 5.32 Å². The Labute approximate surface area is 224 Å². The second kappa shape index (κ2) is 12.2. The van der Waals surface area contributed by atoms with Gasteiger partial charge in [-0.3, -0.25) is 14.4 Å². The number of carboxylic acid groups (broad SMARTS) is 1. The Morgan fingerprint density at radius 3 is 2.21 bits per heavy atom. The number of hydrogen-bond donors (Lipinski definition) is 2. The lowest BCUT2D eigenvalue weighted by Crippen LogP contribution is -2.76. The summed E-state index contributed by atoms with van der Waals surface area (Å²) in [6, 6.07) is 10.0. The van der Waals surface area contributed by atoms with E-state index in [0.717, 1.165) is 5.56 Å². The van der Waals surface area contributed by atoms with Crippen molar-refractivity contribution in [3.8, 4) is 0 Å². The van der Waals surface area contributed by atoms with Crippen LogP contribution in [-0.2, 0) is 27.3 Å². The van der Waals surface area contributed by atoms with Crippen molar-refractivity contribution in [3.63, 3.8) is 0 Å². The molecule has 39 heavy (non-hydrogen) atoms. The summed E-state index contributed by atoms with van der Waals surface area (Å²) in [5.41, 5.74) is 1.48. The van der Waals surface area contributed by atoms with Crippen LogP contribution in [0.1, 0.15) is 30.9 Å². The molecule has 2 aliphatic rings. The van der Waals surface area contributed by atoms with E-state index in [4.69, 9.17) is 0 Å². The number of benzene rings is 2. The number of nitrogens with zero attached hydrogens (tertiary/aromatic N) is 4. The minimum absolute atomic E-state index is 0.0236. The second-order valence-electron chi connectivity index (χ2n) is 9.50. The molecule has 0 aromatic heterocycles. The monoisotopic (exact) mass is 543 g/mol. The van der Waals surface area contributed by atoms with E-state index in [1.807, 2.05) is 0 Å². The quantitative estimate of drug-likeness (QED) is 0.502. The number of fused-ring (bicyclic) bond motifs is 1. The van der Waals surface area contributed by atoms with Crippen LogP contribution < -0.4 is 5.32 Å². The number of carboxylic acids is 1. The number of likely N-dealkylation sites (N-methyl/N-ethyl adjacent to an activating group) is 1. The lowest BCUT2D eigenvalue weighted by molar-refractivity contribution is -0.190. The van der Waals surface area contributed by atoms with Crippen LogP contribution in [0.3, 0.4) is 0 Å². The summed E-state index contributed by atoms with van der Waals surface area (Å²) in [6.45, 7) is 2.36. The van der Waals surface area contributed by atoms with Gasteiger partial charge in [-0.2, -0.15) is 0 Å². The summed E-state index contributed by atoms with van der Waals surface area (Å²) < 4.78 is 26.6. The molecule has 2 heterocycles. The molecule has 2 aromatic rings. The standard InChI is InChI=1S/C27H31F2N5O5/c1-2-32-17-24(35)33-22(11-12-25(36)37)26(38)31(14-13-18-3-7-20(28)8-4-18)16-23(33)34(32)27(39)30-15-19-5-9-21(29)10-6-19/h3-10,22-23H,2,11-17H2,1H3,(H,30,39)(H,36,37)/t22-,23-/m0/s1. The number of hydrazine groups is 1. The van der Waals surface area contributed by atoms with Crippen molar-refractivity contribution in [1.82, 2.24) is 25.1 Å². The topological polar surface area (TPSA) is 114 Å². The van der Waals surface area contributed by atoms with Gasteiger partial charge in [-0.25, -0.2) is 23.6 Å². The molecular weight excluding hydrogens is 512 g/mol. The first-order valence-corrected chi connectivity index (χ1v) is 12.8. The zero-order chi connectivity index (χ0) is 28.1. The minimum atomic E-state index is -1.10. The van der Waals surface area contributed by atoms with Crippen molar-refractivity contribution in [2.75, 3.05) is 26.2 Å². The highest BCUT2D eigenvalue weighted by Gasteiger charge is 2.50. The van der Waals surface area contributed by atoms with Gasteiger partial charge in [0.2, 0.25) is 11.8 Å². The summed E-state index contributed by atoms with van der Waals surface area (Å²) >= 11 is 0. The van der Waals surface area contributed by atoms with Gasteiger partial charge in [-0.15, -0.1) is 0 Å². The minimum Gasteiger partial charge on any atom is -0.481 e. The molecule has 4 amide bonds. The molecule has 2 fully saturated rings. The van der Waals surface area contributed by atoms with Gasteiger partial charge in [0.05, 0.1) is 13.1 Å². The molecule has 2 N–H and O–H groups in total. The summed E-state index contributed by atoms with van der Waals surface area (Å²) in [6.07, 6.45) is -0.871. The molecule has 0 saturated carbocycles. The number of piperazine rings is 1. The Bertz CT molecular complexity index is 1210. The molecule has 2 saturated heterocycles. The van der Waals surface area contributed by atoms with E-state index in [1.165, 1.54) is 39.1 Å². The van der Waals surface area contributed by atoms with Gasteiger partial charge >= 0.3 is 12.0 Å². The van der Waals surface area contributed by atoms with Crippen LogP contribution in [0, 0.1) is 11.6 Å². The summed E-state index contributed by atoms with van der Waals surface area (Å²) in [4.78, 5) is 54.4. The molecule has 12 heteroatoms. The van der Waals surface area contributed by atoms with Gasteiger partial charge in [0.15, 0.2) is 0 Å². The molecular formula is C27H31F2N5O5. The van der Waals surface area contributed by atoms with Crippen LogP contribution in [0.15, 0.2) is 48.5 Å². The predicted octanol–water partition coefficient (Wildman–Crippen LogP) is 2.20. The molecule has 0 aliphatic carbocycles. The highest BCUT2D eigenvalue weighted by Crippen LogP contribution is 2.28. The van der Waals surface area contributed by atoms with Crippen LogP contribution in [0.4, 0.5) is 13.6 Å². The van der Waals surface area contributed by atoms with E-state index < -0.39 is 30.0 Å². The van der Waals surface area contributed by atoms with Gasteiger partial charge in [0.1, 0.15) is 23.8 Å². The van der Waals surface area contributed by atoms with Crippen molar-refractivity contribution in [1.29, 1.82) is 0 Å². The largest absolute Gasteiger partial charge is 0.481 e. The third-order valence-electron chi connectivity index (χ3n) is 6.98. The zero-order valence-corrected chi connectivity index (χ0v) is 21.6. The van der Waals surface area contributed by atoms with Gasteiger partial charge in [-0.1, -0.05) is 31.2 Å². The Hall–Kier alpha value is -4.06. The van der Waals surface area contributed by atoms with Crippen molar-refractivity contribution in [2.45, 2.75) is 44.9 Å². The van der Waals surface area contributed by atoms with Gasteiger partial charge in [0.25, 0.3) is 0 Å². The van der Waals surface area contributed by atoms with Crippen molar-refractivity contribution < 1.29 is 33.1 Å². The van der Waals surface area contributed by atoms with E-state index >= 15 is 0 Å². The SMILES string of the molecule is CCN1CC(=O)N2[C@@H](CCC(=O)O)C(=O)N(CCc3ccc(F)cc3)C[C@@H]2N1C(=O)NCc1ccc(F)cc1. The molecule has 10 nitrogen and oxygen atoms in total. The third kappa shape index (κ3) is 6.51. The fourth-order valence-electron chi connectivity index (χ4n) is 4.98. The first-order chi connectivity index (χ1) is 18.7. The first kappa shape index (κ1) is 28.0. The van der Waals surface area contributed by atoms with E-state index in [-0.39, 0.29) is 56.7 Å². The van der Waals surface area contributed by atoms with Gasteiger partial charge < -0.3 is 20.2 Å². The second-order valence-corrected chi connectivity index (χ2v) is 9.50. The molecule has 4 rings (SSSR count). The van der Waals surface area contributed by atoms with E-state index in [1.54, 1.807) is 36.2 Å². The Balaban J connectivity index is 1.59. The molecule has 2 aromatic carbocycles. The van der Waals surface area contributed by atoms with Crippen LogP contribution in [0.5, 0.6) is 0 Å². The van der Waals surface area contributed by atoms with Gasteiger partial charge in [0, 0.05) is 26.1 Å². The van der Waals surface area contributed by atoms with Crippen molar-refractivity contribution in [3.05, 3.63) is 71.3 Å². The molecule has 2 aliphatic heterocycles. The highest BCUT2D eigenvalue weighted by atomic mass is 19.1. The molecule has 0 unspecified atom stereocenters. The average Bonchev–Trinajstić information content (AvgIpc) is 2.91. The van der Waals surface area contributed by atoms with Gasteiger partial charge in [-0.05, 0) is 48.2 Å². The maximum Gasteiger partial charge on any atom is 0.334 e. The number of carbonyl (C=O) groups excluding carboxylic acids is 3. The molecule has 0 spiro atoms.